The number of anilines is 2. The van der Waals surface area contributed by atoms with Gasteiger partial charge in [-0.3, -0.25) is 0 Å². The molecule has 0 radical (unpaired) electrons. The first-order chi connectivity index (χ1) is 12.4. The lowest BCUT2D eigenvalue weighted by molar-refractivity contribution is 0.0569. The zero-order valence-electron chi connectivity index (χ0n) is 14.6. The van der Waals surface area contributed by atoms with E-state index in [0.717, 1.165) is 24.8 Å². The molecule has 0 spiro atoms. The summed E-state index contributed by atoms with van der Waals surface area (Å²) in [7, 11) is -2.11. The van der Waals surface area contributed by atoms with E-state index in [1.165, 1.54) is 19.2 Å². The molecule has 8 nitrogen and oxygen atoms in total. The Labute approximate surface area is 152 Å². The minimum atomic E-state index is -3.47. The van der Waals surface area contributed by atoms with Gasteiger partial charge in [-0.25, -0.2) is 18.1 Å². The van der Waals surface area contributed by atoms with Gasteiger partial charge in [0.2, 0.25) is 21.9 Å². The van der Waals surface area contributed by atoms with Gasteiger partial charge in [0.15, 0.2) is 0 Å². The maximum Gasteiger partial charge on any atom is 0.240 e. The maximum atomic E-state index is 11.8. The first-order valence-corrected chi connectivity index (χ1v) is 9.86. The predicted molar refractivity (Wildman–Crippen MR) is 97.0 cm³/mol. The zero-order chi connectivity index (χ0) is 18.7. The lowest BCUT2D eigenvalue weighted by Gasteiger charge is -2.18. The number of rotatable bonds is 6. The smallest absolute Gasteiger partial charge is 0.240 e. The van der Waals surface area contributed by atoms with Gasteiger partial charge in [-0.1, -0.05) is 0 Å². The molecule has 2 unspecified atom stereocenters. The van der Waals surface area contributed by atoms with Gasteiger partial charge in [0.05, 0.1) is 11.0 Å². The van der Waals surface area contributed by atoms with Gasteiger partial charge >= 0.3 is 0 Å². The van der Waals surface area contributed by atoms with Crippen LogP contribution in [0, 0.1) is 6.92 Å². The Morgan fingerprint density at radius 1 is 1.23 bits per heavy atom. The average Bonchev–Trinajstić information content (AvgIpc) is 3.03. The highest BCUT2D eigenvalue weighted by Gasteiger charge is 2.28. The van der Waals surface area contributed by atoms with Gasteiger partial charge in [0, 0.05) is 17.4 Å². The topological polar surface area (TPSA) is 113 Å². The number of nitrogens with one attached hydrogen (secondary N) is 2. The predicted octanol–water partition coefficient (Wildman–Crippen LogP) is 1.73. The summed E-state index contributed by atoms with van der Waals surface area (Å²) < 4.78 is 31.6. The Balaban J connectivity index is 1.75. The van der Waals surface area contributed by atoms with Gasteiger partial charge in [0.25, 0.3) is 0 Å². The van der Waals surface area contributed by atoms with Crippen LogP contribution in [0.4, 0.5) is 11.6 Å². The number of aryl methyl sites for hydroxylation is 1. The van der Waals surface area contributed by atoms with Crippen molar-refractivity contribution in [2.24, 2.45) is 0 Å². The van der Waals surface area contributed by atoms with Gasteiger partial charge in [0.1, 0.15) is 6.10 Å². The Kier molecular flexibility index (Phi) is 5.40. The molecular formula is C17H22N4O4S. The van der Waals surface area contributed by atoms with Gasteiger partial charge < -0.3 is 15.2 Å². The molecule has 1 fully saturated rings. The van der Waals surface area contributed by atoms with Crippen molar-refractivity contribution < 1.29 is 18.3 Å². The summed E-state index contributed by atoms with van der Waals surface area (Å²) in [5, 5.41) is 12.9. The van der Waals surface area contributed by atoms with Crippen LogP contribution >= 0.6 is 0 Å². The quantitative estimate of drug-likeness (QED) is 0.701. The maximum absolute atomic E-state index is 11.8. The Bertz CT molecular complexity index is 871. The molecule has 1 saturated carbocycles. The number of sulfonamides is 1. The molecule has 26 heavy (non-hydrogen) atoms. The molecule has 1 aliphatic carbocycles. The monoisotopic (exact) mass is 378 g/mol. The van der Waals surface area contributed by atoms with E-state index >= 15 is 0 Å². The molecule has 2 atom stereocenters. The van der Waals surface area contributed by atoms with Crippen molar-refractivity contribution in [3.63, 3.8) is 0 Å². The van der Waals surface area contributed by atoms with Crippen LogP contribution in [0.15, 0.2) is 35.4 Å². The summed E-state index contributed by atoms with van der Waals surface area (Å²) in [5.41, 5.74) is 1.43. The first kappa shape index (κ1) is 18.6. The molecule has 0 aliphatic heterocycles. The van der Waals surface area contributed by atoms with Crippen LogP contribution < -0.4 is 14.8 Å². The van der Waals surface area contributed by atoms with Crippen LogP contribution in [-0.2, 0) is 10.0 Å². The standard InChI is InChI=1S/C17H22N4O4S/c1-11-10-19-17(21-16(11)25-15-5-3-4-14(15)22)20-12-6-8-13(9-7-12)26(23,24)18-2/h6-10,14-15,18,22H,3-5H2,1-2H3,(H,19,20,21). The number of ether oxygens (including phenoxy) is 1. The lowest BCUT2D eigenvalue weighted by Crippen LogP contribution is -2.26. The van der Waals surface area contributed by atoms with Crippen molar-refractivity contribution in [3.8, 4) is 5.88 Å². The number of hydrogen-bond acceptors (Lipinski definition) is 7. The largest absolute Gasteiger partial charge is 0.471 e. The normalized spacial score (nSPS) is 20.1. The molecule has 2 aromatic rings. The van der Waals surface area contributed by atoms with Gasteiger partial charge in [-0.2, -0.15) is 4.98 Å². The van der Waals surface area contributed by atoms with Crippen molar-refractivity contribution in [1.82, 2.24) is 14.7 Å². The van der Waals surface area contributed by atoms with Crippen LogP contribution in [0.25, 0.3) is 0 Å². The fourth-order valence-corrected chi connectivity index (χ4v) is 3.49. The van der Waals surface area contributed by atoms with E-state index in [9.17, 15) is 13.5 Å². The van der Waals surface area contributed by atoms with Crippen LogP contribution in [0.2, 0.25) is 0 Å². The number of benzene rings is 1. The minimum absolute atomic E-state index is 0.176. The van der Waals surface area contributed by atoms with Crippen molar-refractivity contribution in [3.05, 3.63) is 36.0 Å². The molecule has 0 saturated heterocycles. The van der Waals surface area contributed by atoms with E-state index in [1.54, 1.807) is 18.3 Å². The summed E-state index contributed by atoms with van der Waals surface area (Å²) >= 11 is 0. The highest BCUT2D eigenvalue weighted by atomic mass is 32.2. The molecule has 3 N–H and O–H groups in total. The molecule has 0 amide bonds. The fraction of sp³-hybridized carbons (Fsp3) is 0.412. The van der Waals surface area contributed by atoms with E-state index in [2.05, 4.69) is 20.0 Å². The van der Waals surface area contributed by atoms with E-state index in [0.29, 0.717) is 17.5 Å². The second-order valence-electron chi connectivity index (χ2n) is 6.19. The second kappa shape index (κ2) is 7.56. The Morgan fingerprint density at radius 3 is 2.58 bits per heavy atom. The molecule has 1 aliphatic rings. The van der Waals surface area contributed by atoms with Crippen LogP contribution in [0.5, 0.6) is 5.88 Å². The van der Waals surface area contributed by atoms with Crippen LogP contribution in [-0.4, -0.2) is 42.7 Å². The van der Waals surface area contributed by atoms with Crippen molar-refractivity contribution in [2.45, 2.75) is 43.3 Å². The molecule has 1 heterocycles. The SMILES string of the molecule is CNS(=O)(=O)c1ccc(Nc2ncc(C)c(OC3CCCC3O)n2)cc1. The Hall–Kier alpha value is -2.23. The molecule has 3 rings (SSSR count). The summed E-state index contributed by atoms with van der Waals surface area (Å²) in [5.74, 6) is 0.769. The lowest BCUT2D eigenvalue weighted by atomic mass is 10.2. The third-order valence-corrected chi connectivity index (χ3v) is 5.73. The highest BCUT2D eigenvalue weighted by Crippen LogP contribution is 2.26. The molecule has 140 valence electrons. The van der Waals surface area contributed by atoms with Crippen LogP contribution in [0.3, 0.4) is 0 Å². The third-order valence-electron chi connectivity index (χ3n) is 4.30. The first-order valence-electron chi connectivity index (χ1n) is 8.38. The van der Waals surface area contributed by atoms with Gasteiger partial charge in [-0.15, -0.1) is 0 Å². The summed E-state index contributed by atoms with van der Waals surface area (Å²) in [6.07, 6.45) is 3.40. The average molecular weight is 378 g/mol. The fourth-order valence-electron chi connectivity index (χ4n) is 2.76. The number of aliphatic hydroxyl groups is 1. The Morgan fingerprint density at radius 2 is 1.96 bits per heavy atom. The molecular weight excluding hydrogens is 356 g/mol. The second-order valence-corrected chi connectivity index (χ2v) is 8.08. The highest BCUT2D eigenvalue weighted by molar-refractivity contribution is 7.89. The van der Waals surface area contributed by atoms with Crippen molar-refractivity contribution >= 4 is 21.7 Å². The van der Waals surface area contributed by atoms with E-state index in [-0.39, 0.29) is 11.0 Å². The number of hydrogen-bond donors (Lipinski definition) is 3. The van der Waals surface area contributed by atoms with Gasteiger partial charge in [-0.05, 0) is 57.5 Å². The summed E-state index contributed by atoms with van der Waals surface area (Å²) in [4.78, 5) is 8.76. The van der Waals surface area contributed by atoms with E-state index < -0.39 is 16.1 Å². The molecule has 1 aromatic carbocycles. The van der Waals surface area contributed by atoms with Crippen LogP contribution in [0.1, 0.15) is 24.8 Å². The zero-order valence-corrected chi connectivity index (χ0v) is 15.5. The van der Waals surface area contributed by atoms with Crippen molar-refractivity contribution in [1.29, 1.82) is 0 Å². The van der Waals surface area contributed by atoms with Crippen molar-refractivity contribution in [2.75, 3.05) is 12.4 Å². The summed E-state index contributed by atoms with van der Waals surface area (Å²) in [6, 6.07) is 6.26. The molecule has 0 bridgehead atoms. The van der Waals surface area contributed by atoms with E-state index in [4.69, 9.17) is 4.74 Å². The summed E-state index contributed by atoms with van der Waals surface area (Å²) in [6.45, 7) is 1.85. The number of aliphatic hydroxyl groups excluding tert-OH is 1. The minimum Gasteiger partial charge on any atom is -0.471 e. The third kappa shape index (κ3) is 4.12. The number of nitrogens with zero attached hydrogens (tertiary/aromatic N) is 2. The molecule has 1 aromatic heterocycles. The molecule has 9 heteroatoms. The number of aromatic nitrogens is 2. The van der Waals surface area contributed by atoms with E-state index in [1.807, 2.05) is 6.92 Å².